The predicted octanol–water partition coefficient (Wildman–Crippen LogP) is 0.993. The van der Waals surface area contributed by atoms with Gasteiger partial charge in [-0.2, -0.15) is 0 Å². The zero-order valence-electron chi connectivity index (χ0n) is 11.1. The lowest BCUT2D eigenvalue weighted by Gasteiger charge is -2.34. The van der Waals surface area contributed by atoms with Crippen LogP contribution in [0.3, 0.4) is 0 Å². The molecule has 1 saturated heterocycles. The maximum Gasteiger partial charge on any atom is 0.257 e. The first-order valence-electron chi connectivity index (χ1n) is 6.41. The number of rotatable bonds is 3. The fourth-order valence-electron chi connectivity index (χ4n) is 2.21. The van der Waals surface area contributed by atoms with Crippen molar-refractivity contribution in [3.8, 4) is 0 Å². The van der Waals surface area contributed by atoms with Gasteiger partial charge in [0.05, 0.1) is 12.2 Å². The van der Waals surface area contributed by atoms with Crippen LogP contribution in [0.4, 0.5) is 17.6 Å². The van der Waals surface area contributed by atoms with E-state index in [1.807, 2.05) is 4.90 Å². The molecule has 1 aliphatic rings. The molecule has 1 aromatic rings. The van der Waals surface area contributed by atoms with Crippen LogP contribution in [0.1, 0.15) is 10.4 Å². The second kappa shape index (κ2) is 6.40. The van der Waals surface area contributed by atoms with E-state index >= 15 is 0 Å². The molecule has 0 radical (unpaired) electrons. The number of hydrogen-bond donors (Lipinski definition) is 1. The van der Waals surface area contributed by atoms with Crippen LogP contribution in [0.25, 0.3) is 0 Å². The normalized spacial score (nSPS) is 16.3. The number of aliphatic hydroxyl groups is 1. The molecule has 1 aromatic carbocycles. The van der Waals surface area contributed by atoms with Crippen molar-refractivity contribution in [3.63, 3.8) is 0 Å². The maximum absolute atomic E-state index is 13.6. The maximum atomic E-state index is 13.6. The molecule has 1 amide bonds. The van der Waals surface area contributed by atoms with Crippen LogP contribution in [0, 0.1) is 23.3 Å². The summed E-state index contributed by atoms with van der Waals surface area (Å²) < 4.78 is 52.7. The molecule has 21 heavy (non-hydrogen) atoms. The number of hydrogen-bond acceptors (Lipinski definition) is 3. The quantitative estimate of drug-likeness (QED) is 0.515. The zero-order chi connectivity index (χ0) is 15.6. The van der Waals surface area contributed by atoms with Gasteiger partial charge in [-0.15, -0.1) is 0 Å². The van der Waals surface area contributed by atoms with Crippen molar-refractivity contribution < 1.29 is 27.5 Å². The molecular formula is C13H14F4N2O2. The number of piperazine rings is 1. The first-order chi connectivity index (χ1) is 9.95. The van der Waals surface area contributed by atoms with E-state index in [4.69, 9.17) is 5.11 Å². The molecule has 1 heterocycles. The van der Waals surface area contributed by atoms with Crippen molar-refractivity contribution in [2.75, 3.05) is 39.3 Å². The number of halogens is 4. The second-order valence-electron chi connectivity index (χ2n) is 4.71. The molecule has 0 saturated carbocycles. The van der Waals surface area contributed by atoms with Crippen molar-refractivity contribution >= 4 is 5.91 Å². The molecule has 4 nitrogen and oxygen atoms in total. The Kier molecular flexibility index (Phi) is 4.79. The van der Waals surface area contributed by atoms with Crippen LogP contribution in [0.5, 0.6) is 0 Å². The minimum Gasteiger partial charge on any atom is -0.395 e. The van der Waals surface area contributed by atoms with Crippen LogP contribution < -0.4 is 0 Å². The van der Waals surface area contributed by atoms with Gasteiger partial charge >= 0.3 is 0 Å². The molecule has 0 bridgehead atoms. The van der Waals surface area contributed by atoms with Gasteiger partial charge in [0.2, 0.25) is 0 Å². The summed E-state index contributed by atoms with van der Waals surface area (Å²) in [6.45, 7) is 1.82. The fourth-order valence-corrected chi connectivity index (χ4v) is 2.21. The summed E-state index contributed by atoms with van der Waals surface area (Å²) in [5.41, 5.74) is -0.818. The van der Waals surface area contributed by atoms with Crippen LogP contribution in [-0.2, 0) is 0 Å². The second-order valence-corrected chi connectivity index (χ2v) is 4.71. The van der Waals surface area contributed by atoms with Crippen molar-refractivity contribution in [3.05, 3.63) is 34.9 Å². The Hall–Kier alpha value is -1.67. The molecule has 1 aliphatic heterocycles. The van der Waals surface area contributed by atoms with E-state index in [0.29, 0.717) is 25.7 Å². The average molecular weight is 306 g/mol. The summed E-state index contributed by atoms with van der Waals surface area (Å²) in [5.74, 6) is -8.09. The van der Waals surface area contributed by atoms with Gasteiger partial charge in [0, 0.05) is 32.7 Å². The smallest absolute Gasteiger partial charge is 0.257 e. The third kappa shape index (κ3) is 3.16. The number of carbonyl (C=O) groups excluding carboxylic acids is 1. The molecule has 116 valence electrons. The van der Waals surface area contributed by atoms with E-state index in [-0.39, 0.29) is 19.7 Å². The van der Waals surface area contributed by atoms with Crippen LogP contribution >= 0.6 is 0 Å². The van der Waals surface area contributed by atoms with Crippen molar-refractivity contribution in [2.24, 2.45) is 0 Å². The zero-order valence-corrected chi connectivity index (χ0v) is 11.1. The standard InChI is InChI=1S/C13H14F4N2O2/c14-9-7-8(10(15)12(17)11(9)16)13(21)19-3-1-18(2-4-19)5-6-20/h7,20H,1-6H2. The average Bonchev–Trinajstić information content (AvgIpc) is 2.49. The molecule has 1 fully saturated rings. The third-order valence-corrected chi connectivity index (χ3v) is 3.41. The highest BCUT2D eigenvalue weighted by atomic mass is 19.2. The molecule has 0 aliphatic carbocycles. The molecule has 8 heteroatoms. The van der Waals surface area contributed by atoms with Gasteiger partial charge < -0.3 is 10.0 Å². The summed E-state index contributed by atoms with van der Waals surface area (Å²) >= 11 is 0. The fraction of sp³-hybridized carbons (Fsp3) is 0.462. The first-order valence-corrected chi connectivity index (χ1v) is 6.41. The lowest BCUT2D eigenvalue weighted by Crippen LogP contribution is -2.49. The number of aliphatic hydroxyl groups excluding tert-OH is 1. The number of benzene rings is 1. The highest BCUT2D eigenvalue weighted by Crippen LogP contribution is 2.20. The molecular weight excluding hydrogens is 292 g/mol. The first kappa shape index (κ1) is 15.7. The highest BCUT2D eigenvalue weighted by molar-refractivity contribution is 5.94. The SMILES string of the molecule is O=C(c1cc(F)c(F)c(F)c1F)N1CCN(CCO)CC1. The van der Waals surface area contributed by atoms with Gasteiger partial charge in [-0.1, -0.05) is 0 Å². The molecule has 0 aromatic heterocycles. The summed E-state index contributed by atoms with van der Waals surface area (Å²) in [6, 6.07) is 0.371. The van der Waals surface area contributed by atoms with Gasteiger partial charge in [-0.05, 0) is 6.07 Å². The van der Waals surface area contributed by atoms with E-state index < -0.39 is 34.7 Å². The van der Waals surface area contributed by atoms with Crippen LogP contribution in [0.15, 0.2) is 6.07 Å². The molecule has 2 rings (SSSR count). The lowest BCUT2D eigenvalue weighted by molar-refractivity contribution is 0.0608. The van der Waals surface area contributed by atoms with Crippen molar-refractivity contribution in [2.45, 2.75) is 0 Å². The van der Waals surface area contributed by atoms with E-state index in [1.54, 1.807) is 0 Å². The summed E-state index contributed by atoms with van der Waals surface area (Å²) in [4.78, 5) is 15.2. The van der Waals surface area contributed by atoms with Crippen LogP contribution in [0.2, 0.25) is 0 Å². The largest absolute Gasteiger partial charge is 0.395 e. The van der Waals surface area contributed by atoms with E-state index in [2.05, 4.69) is 0 Å². The van der Waals surface area contributed by atoms with Gasteiger partial charge in [0.15, 0.2) is 23.3 Å². The Bertz CT molecular complexity index is 545. The minimum absolute atomic E-state index is 0.0169. The Balaban J connectivity index is 2.15. The lowest BCUT2D eigenvalue weighted by atomic mass is 10.1. The molecule has 0 unspecified atom stereocenters. The number of nitrogens with zero attached hydrogens (tertiary/aromatic N) is 2. The van der Waals surface area contributed by atoms with Gasteiger partial charge in [-0.25, -0.2) is 17.6 Å². The Labute approximate surface area is 118 Å². The Morgan fingerprint density at radius 2 is 1.67 bits per heavy atom. The Morgan fingerprint density at radius 1 is 1.05 bits per heavy atom. The van der Waals surface area contributed by atoms with Gasteiger partial charge in [-0.3, -0.25) is 9.69 Å². The summed E-state index contributed by atoms with van der Waals surface area (Å²) in [6.07, 6.45) is 0. The summed E-state index contributed by atoms with van der Waals surface area (Å²) in [5, 5.41) is 8.80. The minimum atomic E-state index is -1.99. The van der Waals surface area contributed by atoms with E-state index in [1.165, 1.54) is 4.90 Å². The Morgan fingerprint density at radius 3 is 2.24 bits per heavy atom. The third-order valence-electron chi connectivity index (χ3n) is 3.41. The van der Waals surface area contributed by atoms with E-state index in [9.17, 15) is 22.4 Å². The number of carbonyl (C=O) groups is 1. The highest BCUT2D eigenvalue weighted by Gasteiger charge is 2.28. The monoisotopic (exact) mass is 306 g/mol. The van der Waals surface area contributed by atoms with Crippen molar-refractivity contribution in [1.29, 1.82) is 0 Å². The van der Waals surface area contributed by atoms with Gasteiger partial charge in [0.1, 0.15) is 0 Å². The molecule has 0 spiro atoms. The number of amides is 1. The van der Waals surface area contributed by atoms with E-state index in [0.717, 1.165) is 0 Å². The molecule has 1 N–H and O–H groups in total. The topological polar surface area (TPSA) is 43.8 Å². The van der Waals surface area contributed by atoms with Gasteiger partial charge in [0.25, 0.3) is 5.91 Å². The number of β-amino-alcohol motifs (C(OH)–C–C–N with tert-alkyl or cyclic N) is 1. The van der Waals surface area contributed by atoms with Crippen molar-refractivity contribution in [1.82, 2.24) is 9.80 Å². The summed E-state index contributed by atoms with van der Waals surface area (Å²) in [7, 11) is 0. The van der Waals surface area contributed by atoms with Crippen LogP contribution in [-0.4, -0.2) is 60.1 Å². The molecule has 0 atom stereocenters. The predicted molar refractivity (Wildman–Crippen MR) is 65.7 cm³/mol.